The Balaban J connectivity index is 0.00000400. The molecule has 0 radical (unpaired) electrons. The van der Waals surface area contributed by atoms with Crippen molar-refractivity contribution >= 4 is 29.9 Å². The molecule has 21 heavy (non-hydrogen) atoms. The predicted octanol–water partition coefficient (Wildman–Crippen LogP) is 2.04. The molecule has 0 fully saturated rings. The highest BCUT2D eigenvalue weighted by Crippen LogP contribution is 2.19. The van der Waals surface area contributed by atoms with Crippen LogP contribution in [0.15, 0.2) is 18.2 Å². The van der Waals surface area contributed by atoms with Gasteiger partial charge in [0.1, 0.15) is 0 Å². The van der Waals surface area contributed by atoms with E-state index < -0.39 is 0 Å². The topological polar surface area (TPSA) is 75.4 Å². The van der Waals surface area contributed by atoms with E-state index in [1.807, 2.05) is 13.0 Å². The molecule has 0 aromatic heterocycles. The van der Waals surface area contributed by atoms with Crippen molar-refractivity contribution in [1.29, 1.82) is 0 Å². The van der Waals surface area contributed by atoms with E-state index in [4.69, 9.17) is 5.73 Å². The van der Waals surface area contributed by atoms with Crippen LogP contribution < -0.4 is 11.1 Å². The minimum atomic E-state index is -0.289. The van der Waals surface area contributed by atoms with Gasteiger partial charge >= 0.3 is 0 Å². The minimum Gasteiger partial charge on any atom is -0.345 e. The van der Waals surface area contributed by atoms with Crippen LogP contribution in [0.2, 0.25) is 0 Å². The van der Waals surface area contributed by atoms with Crippen molar-refractivity contribution in [1.82, 2.24) is 4.90 Å². The highest BCUT2D eigenvalue weighted by atomic mass is 35.5. The van der Waals surface area contributed by atoms with E-state index in [0.29, 0.717) is 11.3 Å². The van der Waals surface area contributed by atoms with Gasteiger partial charge in [0.05, 0.1) is 5.92 Å². The van der Waals surface area contributed by atoms with Crippen molar-refractivity contribution in [2.45, 2.75) is 26.8 Å². The van der Waals surface area contributed by atoms with Crippen LogP contribution >= 0.6 is 12.4 Å². The van der Waals surface area contributed by atoms with Crippen molar-refractivity contribution in [2.75, 3.05) is 19.4 Å². The lowest BCUT2D eigenvalue weighted by atomic mass is 10.0. The summed E-state index contributed by atoms with van der Waals surface area (Å²) in [5.74, 6) is -0.527. The van der Waals surface area contributed by atoms with Gasteiger partial charge in [0.15, 0.2) is 0 Å². The van der Waals surface area contributed by atoms with Crippen molar-refractivity contribution in [3.63, 3.8) is 0 Å². The van der Waals surface area contributed by atoms with Crippen LogP contribution in [0.1, 0.15) is 29.8 Å². The molecular formula is C15H24ClN3O2. The number of aryl methyl sites for hydroxylation is 1. The molecule has 2 amide bonds. The first kappa shape index (κ1) is 19.4. The SMILES string of the molecule is Cc1ccc(C(=O)N(C)C)cc1NC(=O)C(C)C(C)N.Cl. The molecular weight excluding hydrogens is 290 g/mol. The number of carbonyl (C=O) groups excluding carboxylic acids is 2. The molecule has 0 aliphatic carbocycles. The van der Waals surface area contributed by atoms with Crippen LogP contribution in [0.5, 0.6) is 0 Å². The second kappa shape index (κ2) is 8.00. The fourth-order valence-electron chi connectivity index (χ4n) is 1.63. The smallest absolute Gasteiger partial charge is 0.253 e. The highest BCUT2D eigenvalue weighted by Gasteiger charge is 2.18. The number of anilines is 1. The summed E-state index contributed by atoms with van der Waals surface area (Å²) in [5.41, 5.74) is 7.83. The molecule has 3 N–H and O–H groups in total. The van der Waals surface area contributed by atoms with Crippen LogP contribution in [0.4, 0.5) is 5.69 Å². The minimum absolute atomic E-state index is 0. The monoisotopic (exact) mass is 313 g/mol. The molecule has 1 aromatic carbocycles. The van der Waals surface area contributed by atoms with E-state index >= 15 is 0 Å². The lowest BCUT2D eigenvalue weighted by molar-refractivity contribution is -0.119. The van der Waals surface area contributed by atoms with Crippen molar-refractivity contribution in [3.8, 4) is 0 Å². The molecule has 118 valence electrons. The molecule has 2 atom stereocenters. The molecule has 5 nitrogen and oxygen atoms in total. The zero-order valence-corrected chi connectivity index (χ0v) is 14.0. The van der Waals surface area contributed by atoms with Gasteiger partial charge in [0.25, 0.3) is 5.91 Å². The zero-order valence-electron chi connectivity index (χ0n) is 13.1. The van der Waals surface area contributed by atoms with Crippen molar-refractivity contribution in [3.05, 3.63) is 29.3 Å². The molecule has 2 unspecified atom stereocenters. The van der Waals surface area contributed by atoms with Crippen LogP contribution in [-0.2, 0) is 4.79 Å². The van der Waals surface area contributed by atoms with Gasteiger partial charge in [0, 0.05) is 31.4 Å². The molecule has 0 bridgehead atoms. The van der Waals surface area contributed by atoms with Gasteiger partial charge in [-0.15, -0.1) is 12.4 Å². The Hall–Kier alpha value is -1.59. The fourth-order valence-corrected chi connectivity index (χ4v) is 1.63. The number of nitrogens with one attached hydrogen (secondary N) is 1. The Labute approximate surface area is 132 Å². The summed E-state index contributed by atoms with van der Waals surface area (Å²) in [7, 11) is 3.39. The summed E-state index contributed by atoms with van der Waals surface area (Å²) in [6.45, 7) is 5.46. The maximum absolute atomic E-state index is 12.0. The van der Waals surface area contributed by atoms with E-state index in [0.717, 1.165) is 5.56 Å². The molecule has 0 heterocycles. The summed E-state index contributed by atoms with van der Waals surface area (Å²) in [4.78, 5) is 25.5. The van der Waals surface area contributed by atoms with E-state index in [-0.39, 0.29) is 36.2 Å². The number of hydrogen-bond donors (Lipinski definition) is 2. The van der Waals surface area contributed by atoms with E-state index in [2.05, 4.69) is 5.32 Å². The molecule has 0 spiro atoms. The van der Waals surface area contributed by atoms with E-state index in [1.165, 1.54) is 4.90 Å². The first-order valence-electron chi connectivity index (χ1n) is 6.62. The fraction of sp³-hybridized carbons (Fsp3) is 0.467. The quantitative estimate of drug-likeness (QED) is 0.893. The zero-order chi connectivity index (χ0) is 15.4. The van der Waals surface area contributed by atoms with Gasteiger partial charge in [-0.05, 0) is 31.5 Å². The van der Waals surface area contributed by atoms with Gasteiger partial charge in [-0.25, -0.2) is 0 Å². The maximum Gasteiger partial charge on any atom is 0.253 e. The third-order valence-electron chi connectivity index (χ3n) is 3.35. The predicted molar refractivity (Wildman–Crippen MR) is 87.9 cm³/mol. The average molecular weight is 314 g/mol. The lowest BCUT2D eigenvalue weighted by Gasteiger charge is -2.17. The largest absolute Gasteiger partial charge is 0.345 e. The number of hydrogen-bond acceptors (Lipinski definition) is 3. The summed E-state index contributed by atoms with van der Waals surface area (Å²) >= 11 is 0. The van der Waals surface area contributed by atoms with Gasteiger partial charge in [-0.2, -0.15) is 0 Å². The van der Waals surface area contributed by atoms with Gasteiger partial charge in [-0.3, -0.25) is 9.59 Å². The second-order valence-corrected chi connectivity index (χ2v) is 5.37. The first-order chi connectivity index (χ1) is 9.23. The Morgan fingerprint density at radius 2 is 1.81 bits per heavy atom. The second-order valence-electron chi connectivity index (χ2n) is 5.37. The van der Waals surface area contributed by atoms with Crippen LogP contribution in [0.3, 0.4) is 0 Å². The number of nitrogens with two attached hydrogens (primary N) is 1. The average Bonchev–Trinajstić information content (AvgIpc) is 2.39. The third-order valence-corrected chi connectivity index (χ3v) is 3.35. The molecule has 0 aliphatic rings. The van der Waals surface area contributed by atoms with E-state index in [9.17, 15) is 9.59 Å². The summed E-state index contributed by atoms with van der Waals surface area (Å²) in [5, 5.41) is 2.84. The summed E-state index contributed by atoms with van der Waals surface area (Å²) in [6.07, 6.45) is 0. The molecule has 1 rings (SSSR count). The standard InChI is InChI=1S/C15H23N3O2.ClH/c1-9-6-7-12(15(20)18(4)5)8-13(9)17-14(19)10(2)11(3)16;/h6-8,10-11H,16H2,1-5H3,(H,17,19);1H. The molecule has 0 saturated carbocycles. The molecule has 0 saturated heterocycles. The molecule has 1 aromatic rings. The van der Waals surface area contributed by atoms with Gasteiger partial charge in [-0.1, -0.05) is 13.0 Å². The lowest BCUT2D eigenvalue weighted by Crippen LogP contribution is -2.34. The normalized spacial score (nSPS) is 12.9. The maximum atomic E-state index is 12.0. The van der Waals surface area contributed by atoms with Crippen molar-refractivity contribution in [2.24, 2.45) is 11.7 Å². The first-order valence-corrected chi connectivity index (χ1v) is 6.62. The third kappa shape index (κ3) is 5.02. The number of amides is 2. The van der Waals surface area contributed by atoms with Crippen LogP contribution in [0.25, 0.3) is 0 Å². The number of halogens is 1. The Bertz CT molecular complexity index is 516. The number of nitrogens with zero attached hydrogens (tertiary/aromatic N) is 1. The molecule has 0 aliphatic heterocycles. The number of carbonyl (C=O) groups is 2. The Morgan fingerprint density at radius 1 is 1.24 bits per heavy atom. The molecule has 6 heteroatoms. The highest BCUT2D eigenvalue weighted by molar-refractivity contribution is 5.98. The van der Waals surface area contributed by atoms with Gasteiger partial charge < -0.3 is 16.0 Å². The number of benzene rings is 1. The van der Waals surface area contributed by atoms with Gasteiger partial charge in [0.2, 0.25) is 5.91 Å². The Kier molecular flexibility index (Phi) is 7.39. The summed E-state index contributed by atoms with van der Waals surface area (Å²) < 4.78 is 0. The summed E-state index contributed by atoms with van der Waals surface area (Å²) in [6, 6.07) is 5.05. The van der Waals surface area contributed by atoms with Crippen molar-refractivity contribution < 1.29 is 9.59 Å². The van der Waals surface area contributed by atoms with Crippen LogP contribution in [0, 0.1) is 12.8 Å². The van der Waals surface area contributed by atoms with Crippen LogP contribution in [-0.4, -0.2) is 36.9 Å². The van der Waals surface area contributed by atoms with E-state index in [1.54, 1.807) is 40.1 Å². The number of rotatable bonds is 4. The Morgan fingerprint density at radius 3 is 2.29 bits per heavy atom.